The summed E-state index contributed by atoms with van der Waals surface area (Å²) in [6.45, 7) is 2.90. The van der Waals surface area contributed by atoms with Gasteiger partial charge in [-0.05, 0) is 30.4 Å². The summed E-state index contributed by atoms with van der Waals surface area (Å²) >= 11 is 5.65. The lowest BCUT2D eigenvalue weighted by molar-refractivity contribution is -0.137. The number of pyridine rings is 1. The van der Waals surface area contributed by atoms with Crippen LogP contribution in [0.3, 0.4) is 0 Å². The zero-order valence-electron chi connectivity index (χ0n) is 12.0. The van der Waals surface area contributed by atoms with Gasteiger partial charge in [0.2, 0.25) is 0 Å². The molecule has 0 atom stereocenters. The third-order valence-corrected chi connectivity index (χ3v) is 4.31. The van der Waals surface area contributed by atoms with Crippen LogP contribution in [-0.4, -0.2) is 11.5 Å². The maximum Gasteiger partial charge on any atom is 0.416 e. The first kappa shape index (κ1) is 16.4. The quantitative estimate of drug-likeness (QED) is 0.753. The summed E-state index contributed by atoms with van der Waals surface area (Å²) in [7, 11) is 0. The molecule has 1 aliphatic carbocycles. The molecule has 0 aromatic carbocycles. The molecule has 1 fully saturated rings. The smallest absolute Gasteiger partial charge is 0.370 e. The Kier molecular flexibility index (Phi) is 5.36. The Morgan fingerprint density at radius 1 is 1.24 bits per heavy atom. The van der Waals surface area contributed by atoms with E-state index in [4.69, 9.17) is 11.6 Å². The molecule has 0 amide bonds. The average molecular weight is 321 g/mol. The Morgan fingerprint density at radius 2 is 1.90 bits per heavy atom. The van der Waals surface area contributed by atoms with Crippen molar-refractivity contribution < 1.29 is 13.2 Å². The van der Waals surface area contributed by atoms with Gasteiger partial charge in [0, 0.05) is 6.54 Å². The van der Waals surface area contributed by atoms with Crippen molar-refractivity contribution in [1.29, 1.82) is 0 Å². The molecule has 1 saturated carbocycles. The van der Waals surface area contributed by atoms with Gasteiger partial charge in [-0.3, -0.25) is 0 Å². The third kappa shape index (κ3) is 5.06. The number of halogens is 4. The molecular weight excluding hydrogens is 301 g/mol. The van der Waals surface area contributed by atoms with Gasteiger partial charge in [-0.2, -0.15) is 13.2 Å². The Morgan fingerprint density at radius 3 is 2.52 bits per heavy atom. The minimum absolute atomic E-state index is 0.140. The predicted molar refractivity (Wildman–Crippen MR) is 78.5 cm³/mol. The van der Waals surface area contributed by atoms with Crippen LogP contribution >= 0.6 is 11.6 Å². The van der Waals surface area contributed by atoms with E-state index in [-0.39, 0.29) is 11.0 Å². The fourth-order valence-electron chi connectivity index (χ4n) is 2.77. The second kappa shape index (κ2) is 6.86. The van der Waals surface area contributed by atoms with E-state index >= 15 is 0 Å². The van der Waals surface area contributed by atoms with Gasteiger partial charge < -0.3 is 5.32 Å². The SMILES string of the molecule is CC1CCC(CCNc2cc(C(F)(F)F)cc(Cl)n2)CC1. The first-order valence-electron chi connectivity index (χ1n) is 7.33. The number of nitrogens with zero attached hydrogens (tertiary/aromatic N) is 1. The van der Waals surface area contributed by atoms with Gasteiger partial charge in [-0.1, -0.05) is 44.2 Å². The Hall–Kier alpha value is -0.970. The standard InChI is InChI=1S/C15H20ClF3N2/c1-10-2-4-11(5-3-10)6-7-20-14-9-12(15(17,18)19)8-13(16)21-14/h8-11H,2-7H2,1H3,(H,20,21). The first-order chi connectivity index (χ1) is 9.84. The van der Waals surface area contributed by atoms with Crippen LogP contribution in [0, 0.1) is 11.8 Å². The lowest BCUT2D eigenvalue weighted by Crippen LogP contribution is -2.16. The molecule has 6 heteroatoms. The summed E-state index contributed by atoms with van der Waals surface area (Å²) in [5.74, 6) is 1.66. The molecular formula is C15H20ClF3N2. The minimum atomic E-state index is -4.40. The maximum atomic E-state index is 12.7. The molecule has 2 rings (SSSR count). The third-order valence-electron chi connectivity index (χ3n) is 4.12. The summed E-state index contributed by atoms with van der Waals surface area (Å²) in [6.07, 6.45) is 1.47. The Bertz CT molecular complexity index is 468. The molecule has 0 radical (unpaired) electrons. The van der Waals surface area contributed by atoms with Crippen LogP contribution in [0.4, 0.5) is 19.0 Å². The van der Waals surface area contributed by atoms with Crippen LogP contribution in [-0.2, 0) is 6.18 Å². The summed E-state index contributed by atoms with van der Waals surface area (Å²) in [5, 5.41) is 2.82. The summed E-state index contributed by atoms with van der Waals surface area (Å²) in [5.41, 5.74) is -0.767. The van der Waals surface area contributed by atoms with E-state index in [1.165, 1.54) is 25.7 Å². The normalized spacial score (nSPS) is 23.1. The number of hydrogen-bond acceptors (Lipinski definition) is 2. The van der Waals surface area contributed by atoms with E-state index in [0.29, 0.717) is 12.5 Å². The van der Waals surface area contributed by atoms with E-state index in [1.54, 1.807) is 0 Å². The molecule has 1 aromatic heterocycles. The van der Waals surface area contributed by atoms with Gasteiger partial charge in [0.25, 0.3) is 0 Å². The van der Waals surface area contributed by atoms with Crippen molar-refractivity contribution in [3.05, 3.63) is 22.8 Å². The van der Waals surface area contributed by atoms with E-state index in [0.717, 1.165) is 24.5 Å². The van der Waals surface area contributed by atoms with Crippen LogP contribution in [0.15, 0.2) is 12.1 Å². The van der Waals surface area contributed by atoms with Gasteiger partial charge in [0.05, 0.1) is 5.56 Å². The van der Waals surface area contributed by atoms with Crippen molar-refractivity contribution in [2.24, 2.45) is 11.8 Å². The molecule has 21 heavy (non-hydrogen) atoms. The fourth-order valence-corrected chi connectivity index (χ4v) is 2.98. The van der Waals surface area contributed by atoms with E-state index in [1.807, 2.05) is 0 Å². The number of aromatic nitrogens is 1. The lowest BCUT2D eigenvalue weighted by atomic mass is 9.81. The second-order valence-electron chi connectivity index (χ2n) is 5.90. The first-order valence-corrected chi connectivity index (χ1v) is 7.71. The number of anilines is 1. The predicted octanol–water partition coefficient (Wildman–Crippen LogP) is 5.38. The van der Waals surface area contributed by atoms with Gasteiger partial charge in [-0.15, -0.1) is 0 Å². The summed E-state index contributed by atoms with van der Waals surface area (Å²) in [6, 6.07) is 1.85. The van der Waals surface area contributed by atoms with Crippen molar-refractivity contribution in [1.82, 2.24) is 4.98 Å². The van der Waals surface area contributed by atoms with Gasteiger partial charge >= 0.3 is 6.18 Å². The zero-order chi connectivity index (χ0) is 15.5. The number of hydrogen-bond donors (Lipinski definition) is 1. The molecule has 1 aromatic rings. The van der Waals surface area contributed by atoms with Crippen molar-refractivity contribution in [2.45, 2.75) is 45.2 Å². The molecule has 1 heterocycles. The maximum absolute atomic E-state index is 12.7. The Balaban J connectivity index is 1.87. The number of nitrogens with one attached hydrogen (secondary N) is 1. The van der Waals surface area contributed by atoms with Crippen molar-refractivity contribution >= 4 is 17.4 Å². The van der Waals surface area contributed by atoms with Crippen molar-refractivity contribution in [3.63, 3.8) is 0 Å². The molecule has 118 valence electrons. The van der Waals surface area contributed by atoms with E-state index in [2.05, 4.69) is 17.2 Å². The molecule has 0 unspecified atom stereocenters. The van der Waals surface area contributed by atoms with Gasteiger partial charge in [-0.25, -0.2) is 4.98 Å². The molecule has 0 spiro atoms. The second-order valence-corrected chi connectivity index (χ2v) is 6.29. The highest BCUT2D eigenvalue weighted by Gasteiger charge is 2.31. The number of alkyl halides is 3. The fraction of sp³-hybridized carbons (Fsp3) is 0.667. The molecule has 2 nitrogen and oxygen atoms in total. The van der Waals surface area contributed by atoms with Gasteiger partial charge in [0.1, 0.15) is 11.0 Å². The zero-order valence-corrected chi connectivity index (χ0v) is 12.8. The van der Waals surface area contributed by atoms with E-state index < -0.39 is 11.7 Å². The van der Waals surface area contributed by atoms with Crippen LogP contribution in [0.2, 0.25) is 5.15 Å². The minimum Gasteiger partial charge on any atom is -0.370 e. The molecule has 0 aliphatic heterocycles. The highest BCUT2D eigenvalue weighted by molar-refractivity contribution is 6.29. The molecule has 1 N–H and O–H groups in total. The molecule has 0 saturated heterocycles. The topological polar surface area (TPSA) is 24.9 Å². The number of rotatable bonds is 4. The molecule has 0 bridgehead atoms. The highest BCUT2D eigenvalue weighted by atomic mass is 35.5. The largest absolute Gasteiger partial charge is 0.416 e. The average Bonchev–Trinajstić information content (AvgIpc) is 2.39. The van der Waals surface area contributed by atoms with Crippen LogP contribution in [0.25, 0.3) is 0 Å². The van der Waals surface area contributed by atoms with Crippen LogP contribution in [0.5, 0.6) is 0 Å². The lowest BCUT2D eigenvalue weighted by Gasteiger charge is -2.26. The van der Waals surface area contributed by atoms with Gasteiger partial charge in [0.15, 0.2) is 0 Å². The highest BCUT2D eigenvalue weighted by Crippen LogP contribution is 2.32. The van der Waals surface area contributed by atoms with Crippen LogP contribution in [0.1, 0.15) is 44.6 Å². The summed E-state index contributed by atoms with van der Waals surface area (Å²) in [4.78, 5) is 3.90. The summed E-state index contributed by atoms with van der Waals surface area (Å²) < 4.78 is 38.0. The van der Waals surface area contributed by atoms with Crippen LogP contribution < -0.4 is 5.32 Å². The van der Waals surface area contributed by atoms with Crippen molar-refractivity contribution in [2.75, 3.05) is 11.9 Å². The Labute approximate surface area is 128 Å². The van der Waals surface area contributed by atoms with E-state index in [9.17, 15) is 13.2 Å². The molecule has 1 aliphatic rings. The van der Waals surface area contributed by atoms with Crippen molar-refractivity contribution in [3.8, 4) is 0 Å². The monoisotopic (exact) mass is 320 g/mol.